The summed E-state index contributed by atoms with van der Waals surface area (Å²) in [5, 5.41) is 3.65. The Hall–Kier alpha value is -2.82. The number of nitrogens with one attached hydrogen (secondary N) is 2. The van der Waals surface area contributed by atoms with Crippen LogP contribution in [0, 0.1) is 0 Å². The summed E-state index contributed by atoms with van der Waals surface area (Å²) < 4.78 is 5.08. The lowest BCUT2D eigenvalue weighted by atomic mass is 10.2. The number of anilines is 1. The average molecular weight is 267 g/mol. The predicted octanol–water partition coefficient (Wildman–Crippen LogP) is 2.82. The van der Waals surface area contributed by atoms with E-state index in [2.05, 4.69) is 15.3 Å². The van der Waals surface area contributed by atoms with E-state index < -0.39 is 0 Å². The van der Waals surface area contributed by atoms with Crippen molar-refractivity contribution in [3.63, 3.8) is 0 Å². The highest BCUT2D eigenvalue weighted by Crippen LogP contribution is 2.19. The standard InChI is InChI=1S/C15H13N3O2/c1-20-11-6-4-10(5-7-11)18-15(19)13-9-17-14-12(13)3-2-8-16-14/h2-9H,1H3,(H,16,17)(H,18,19). The molecule has 0 aliphatic heterocycles. The van der Waals surface area contributed by atoms with Crippen molar-refractivity contribution < 1.29 is 9.53 Å². The van der Waals surface area contributed by atoms with Crippen molar-refractivity contribution in [3.8, 4) is 5.75 Å². The quantitative estimate of drug-likeness (QED) is 0.766. The van der Waals surface area contributed by atoms with E-state index in [0.717, 1.165) is 11.1 Å². The summed E-state index contributed by atoms with van der Waals surface area (Å²) in [7, 11) is 1.60. The first-order valence-corrected chi connectivity index (χ1v) is 6.15. The molecule has 3 rings (SSSR count). The number of hydrogen-bond donors (Lipinski definition) is 2. The lowest BCUT2D eigenvalue weighted by Gasteiger charge is -2.05. The number of carbonyl (C=O) groups is 1. The molecular weight excluding hydrogens is 254 g/mol. The van der Waals surface area contributed by atoms with Gasteiger partial charge >= 0.3 is 0 Å². The molecule has 0 radical (unpaired) electrons. The van der Waals surface area contributed by atoms with Crippen molar-refractivity contribution in [2.24, 2.45) is 0 Å². The van der Waals surface area contributed by atoms with E-state index in [0.29, 0.717) is 16.9 Å². The molecule has 5 heteroatoms. The molecule has 0 spiro atoms. The fourth-order valence-electron chi connectivity index (χ4n) is 2.02. The third-order valence-electron chi connectivity index (χ3n) is 3.04. The number of rotatable bonds is 3. The number of ether oxygens (including phenoxy) is 1. The predicted molar refractivity (Wildman–Crippen MR) is 77.0 cm³/mol. The minimum Gasteiger partial charge on any atom is -0.497 e. The Balaban J connectivity index is 1.85. The normalized spacial score (nSPS) is 10.4. The summed E-state index contributed by atoms with van der Waals surface area (Å²) in [4.78, 5) is 19.4. The van der Waals surface area contributed by atoms with Gasteiger partial charge < -0.3 is 15.0 Å². The van der Waals surface area contributed by atoms with Crippen molar-refractivity contribution in [2.45, 2.75) is 0 Å². The van der Waals surface area contributed by atoms with Gasteiger partial charge in [-0.3, -0.25) is 4.79 Å². The lowest BCUT2D eigenvalue weighted by Crippen LogP contribution is -2.11. The van der Waals surface area contributed by atoms with Crippen LogP contribution in [0.15, 0.2) is 48.8 Å². The van der Waals surface area contributed by atoms with Crippen LogP contribution < -0.4 is 10.1 Å². The number of amides is 1. The topological polar surface area (TPSA) is 67.0 Å². The van der Waals surface area contributed by atoms with E-state index >= 15 is 0 Å². The molecule has 2 N–H and O–H groups in total. The van der Waals surface area contributed by atoms with Gasteiger partial charge in [-0.2, -0.15) is 0 Å². The molecule has 1 aromatic carbocycles. The Kier molecular flexibility index (Phi) is 3.09. The van der Waals surface area contributed by atoms with Crippen molar-refractivity contribution in [1.82, 2.24) is 9.97 Å². The molecule has 0 aliphatic carbocycles. The molecule has 3 aromatic rings. The molecule has 2 aromatic heterocycles. The summed E-state index contributed by atoms with van der Waals surface area (Å²) in [5.41, 5.74) is 1.99. The van der Waals surface area contributed by atoms with E-state index in [9.17, 15) is 4.79 Å². The molecule has 0 aliphatic rings. The summed E-state index contributed by atoms with van der Waals surface area (Å²) in [5.74, 6) is 0.578. The molecule has 5 nitrogen and oxygen atoms in total. The molecule has 20 heavy (non-hydrogen) atoms. The van der Waals surface area contributed by atoms with Crippen LogP contribution in [0.3, 0.4) is 0 Å². The number of carbonyl (C=O) groups excluding carboxylic acids is 1. The van der Waals surface area contributed by atoms with Crippen LogP contribution in [-0.2, 0) is 0 Å². The van der Waals surface area contributed by atoms with Gasteiger partial charge in [-0.25, -0.2) is 4.98 Å². The van der Waals surface area contributed by atoms with E-state index in [4.69, 9.17) is 4.74 Å². The summed E-state index contributed by atoms with van der Waals surface area (Å²) in [6.07, 6.45) is 3.35. The van der Waals surface area contributed by atoms with E-state index in [1.54, 1.807) is 49.8 Å². The van der Waals surface area contributed by atoms with Gasteiger partial charge in [0.05, 0.1) is 12.7 Å². The summed E-state index contributed by atoms with van der Waals surface area (Å²) >= 11 is 0. The van der Waals surface area contributed by atoms with Crippen LogP contribution in [0.4, 0.5) is 5.69 Å². The number of aromatic amines is 1. The molecule has 0 bridgehead atoms. The monoisotopic (exact) mass is 267 g/mol. The van der Waals surface area contributed by atoms with Gasteiger partial charge in [-0.1, -0.05) is 0 Å². The highest BCUT2D eigenvalue weighted by Gasteiger charge is 2.12. The minimum absolute atomic E-state index is 0.172. The number of aromatic nitrogens is 2. The number of hydrogen-bond acceptors (Lipinski definition) is 3. The maximum atomic E-state index is 12.3. The Morgan fingerprint density at radius 3 is 2.80 bits per heavy atom. The van der Waals surface area contributed by atoms with Gasteiger partial charge in [0.15, 0.2) is 0 Å². The molecule has 0 atom stereocenters. The van der Waals surface area contributed by atoms with Crippen molar-refractivity contribution in [3.05, 3.63) is 54.4 Å². The molecule has 1 amide bonds. The van der Waals surface area contributed by atoms with Crippen LogP contribution in [-0.4, -0.2) is 23.0 Å². The summed E-state index contributed by atoms with van der Waals surface area (Å²) in [6.45, 7) is 0. The lowest BCUT2D eigenvalue weighted by molar-refractivity contribution is 0.102. The number of pyridine rings is 1. The Labute approximate surface area is 115 Å². The third kappa shape index (κ3) is 2.21. The van der Waals surface area contributed by atoms with E-state index in [1.807, 2.05) is 6.07 Å². The minimum atomic E-state index is -0.172. The van der Waals surface area contributed by atoms with Gasteiger partial charge in [0.25, 0.3) is 5.91 Å². The second kappa shape index (κ2) is 5.05. The highest BCUT2D eigenvalue weighted by atomic mass is 16.5. The fourth-order valence-corrected chi connectivity index (χ4v) is 2.02. The zero-order valence-electron chi connectivity index (χ0n) is 10.9. The van der Waals surface area contributed by atoms with Gasteiger partial charge in [0.2, 0.25) is 0 Å². The van der Waals surface area contributed by atoms with Gasteiger partial charge in [0.1, 0.15) is 11.4 Å². The maximum Gasteiger partial charge on any atom is 0.257 e. The Bertz CT molecular complexity index is 747. The average Bonchev–Trinajstić information content (AvgIpc) is 2.92. The zero-order valence-corrected chi connectivity index (χ0v) is 10.9. The highest BCUT2D eigenvalue weighted by molar-refractivity contribution is 6.12. The second-order valence-corrected chi connectivity index (χ2v) is 4.28. The zero-order chi connectivity index (χ0) is 13.9. The number of benzene rings is 1. The summed E-state index contributed by atoms with van der Waals surface area (Å²) in [6, 6.07) is 10.9. The number of methoxy groups -OCH3 is 1. The van der Waals surface area contributed by atoms with E-state index in [-0.39, 0.29) is 5.91 Å². The number of nitrogens with zero attached hydrogens (tertiary/aromatic N) is 1. The Morgan fingerprint density at radius 1 is 1.25 bits per heavy atom. The Morgan fingerprint density at radius 2 is 2.05 bits per heavy atom. The molecular formula is C15H13N3O2. The van der Waals surface area contributed by atoms with E-state index in [1.165, 1.54) is 0 Å². The van der Waals surface area contributed by atoms with Crippen molar-refractivity contribution >= 4 is 22.6 Å². The van der Waals surface area contributed by atoms with Crippen LogP contribution in [0.5, 0.6) is 5.75 Å². The fraction of sp³-hybridized carbons (Fsp3) is 0.0667. The molecule has 0 unspecified atom stereocenters. The first-order chi connectivity index (χ1) is 9.78. The van der Waals surface area contributed by atoms with Crippen LogP contribution >= 0.6 is 0 Å². The van der Waals surface area contributed by atoms with Crippen molar-refractivity contribution in [2.75, 3.05) is 12.4 Å². The largest absolute Gasteiger partial charge is 0.497 e. The smallest absolute Gasteiger partial charge is 0.257 e. The number of fused-ring (bicyclic) bond motifs is 1. The van der Waals surface area contributed by atoms with Gasteiger partial charge in [-0.15, -0.1) is 0 Å². The SMILES string of the molecule is COc1ccc(NC(=O)c2c[nH]c3ncccc23)cc1. The number of H-pyrrole nitrogens is 1. The van der Waals surface area contributed by atoms with Crippen LogP contribution in [0.1, 0.15) is 10.4 Å². The van der Waals surface area contributed by atoms with Crippen molar-refractivity contribution in [1.29, 1.82) is 0 Å². The third-order valence-corrected chi connectivity index (χ3v) is 3.04. The second-order valence-electron chi connectivity index (χ2n) is 4.28. The van der Waals surface area contributed by atoms with Crippen LogP contribution in [0.25, 0.3) is 11.0 Å². The molecule has 0 saturated carbocycles. The first kappa shape index (κ1) is 12.2. The molecule has 100 valence electrons. The van der Waals surface area contributed by atoms with Crippen LogP contribution in [0.2, 0.25) is 0 Å². The first-order valence-electron chi connectivity index (χ1n) is 6.15. The maximum absolute atomic E-state index is 12.3. The molecule has 0 fully saturated rings. The van der Waals surface area contributed by atoms with Gasteiger partial charge in [0, 0.05) is 23.5 Å². The molecule has 2 heterocycles. The van der Waals surface area contributed by atoms with Gasteiger partial charge in [-0.05, 0) is 36.4 Å². The molecule has 0 saturated heterocycles.